The number of aliphatic hydroxyl groups excluding tert-OH is 1. The number of hydrogen-bond acceptors (Lipinski definition) is 4. The van der Waals surface area contributed by atoms with E-state index in [4.69, 9.17) is 9.84 Å². The van der Waals surface area contributed by atoms with Crippen LogP contribution in [-0.2, 0) is 4.74 Å². The van der Waals surface area contributed by atoms with E-state index in [0.717, 1.165) is 0 Å². The maximum Gasteiger partial charge on any atom is 0.387 e. The number of ether oxygens (including phenoxy) is 2. The van der Waals surface area contributed by atoms with Crippen LogP contribution < -0.4 is 10.1 Å². The summed E-state index contributed by atoms with van der Waals surface area (Å²) in [5.41, 5.74) is 0.294. The Morgan fingerprint density at radius 1 is 1.35 bits per heavy atom. The Morgan fingerprint density at radius 3 is 2.50 bits per heavy atom. The van der Waals surface area contributed by atoms with Crippen LogP contribution in [0.2, 0.25) is 0 Å². The number of halogens is 2. The second-order valence-electron chi connectivity index (χ2n) is 4.04. The fraction of sp³-hybridized carbons (Fsp3) is 0.462. The smallest absolute Gasteiger partial charge is 0.387 e. The Kier molecular flexibility index (Phi) is 6.89. The summed E-state index contributed by atoms with van der Waals surface area (Å²) >= 11 is 0. The van der Waals surface area contributed by atoms with Gasteiger partial charge in [-0.1, -0.05) is 0 Å². The molecular weight excluding hydrogens is 272 g/mol. The molecule has 0 spiro atoms. The molecule has 0 fully saturated rings. The zero-order valence-electron chi connectivity index (χ0n) is 11.0. The van der Waals surface area contributed by atoms with E-state index in [1.807, 2.05) is 0 Å². The van der Waals surface area contributed by atoms with Crippen LogP contribution >= 0.6 is 0 Å². The standard InChI is InChI=1S/C13H17F2NO4/c1-19-7-6-10(8-17)16-12(18)9-2-4-11(5-3-9)20-13(14)15/h2-5,10,13,17H,6-8H2,1H3,(H,16,18). The minimum atomic E-state index is -2.90. The quantitative estimate of drug-likeness (QED) is 0.759. The second kappa shape index (κ2) is 8.44. The third-order valence-electron chi connectivity index (χ3n) is 2.57. The van der Waals surface area contributed by atoms with Crippen LogP contribution in [0, 0.1) is 0 Å². The highest BCUT2D eigenvalue weighted by Crippen LogP contribution is 2.15. The molecule has 1 amide bonds. The summed E-state index contributed by atoms with van der Waals surface area (Å²) in [7, 11) is 1.53. The van der Waals surface area contributed by atoms with Crippen molar-refractivity contribution in [2.75, 3.05) is 20.3 Å². The van der Waals surface area contributed by atoms with E-state index in [-0.39, 0.29) is 12.4 Å². The third kappa shape index (κ3) is 5.50. The minimum absolute atomic E-state index is 0.0189. The van der Waals surface area contributed by atoms with Crippen molar-refractivity contribution in [1.29, 1.82) is 0 Å². The molecule has 1 unspecified atom stereocenters. The van der Waals surface area contributed by atoms with Gasteiger partial charge in [0.05, 0.1) is 12.6 Å². The Bertz CT molecular complexity index is 411. The Morgan fingerprint density at radius 2 is 2.00 bits per heavy atom. The normalized spacial score (nSPS) is 12.2. The van der Waals surface area contributed by atoms with Gasteiger partial charge in [-0.25, -0.2) is 0 Å². The lowest BCUT2D eigenvalue weighted by Crippen LogP contribution is -2.38. The number of carbonyl (C=O) groups is 1. The third-order valence-corrected chi connectivity index (χ3v) is 2.57. The summed E-state index contributed by atoms with van der Waals surface area (Å²) in [5, 5.41) is 11.7. The average molecular weight is 289 g/mol. The molecule has 2 N–H and O–H groups in total. The van der Waals surface area contributed by atoms with Gasteiger partial charge in [0.15, 0.2) is 0 Å². The number of hydrogen-bond donors (Lipinski definition) is 2. The van der Waals surface area contributed by atoms with Crippen molar-refractivity contribution in [2.45, 2.75) is 19.1 Å². The van der Waals surface area contributed by atoms with Gasteiger partial charge in [0, 0.05) is 19.3 Å². The van der Waals surface area contributed by atoms with E-state index in [9.17, 15) is 13.6 Å². The van der Waals surface area contributed by atoms with Gasteiger partial charge in [-0.05, 0) is 30.7 Å². The summed E-state index contributed by atoms with van der Waals surface area (Å²) in [6.45, 7) is -2.70. The van der Waals surface area contributed by atoms with Crippen molar-refractivity contribution >= 4 is 5.91 Å². The van der Waals surface area contributed by atoms with Gasteiger partial charge in [0.25, 0.3) is 5.91 Å². The molecule has 7 heteroatoms. The van der Waals surface area contributed by atoms with E-state index in [1.54, 1.807) is 0 Å². The highest BCUT2D eigenvalue weighted by molar-refractivity contribution is 5.94. The van der Waals surface area contributed by atoms with Crippen LogP contribution in [0.25, 0.3) is 0 Å². The first kappa shape index (κ1) is 16.3. The number of methoxy groups -OCH3 is 1. The van der Waals surface area contributed by atoms with Crippen LogP contribution in [0.15, 0.2) is 24.3 Å². The summed E-state index contributed by atoms with van der Waals surface area (Å²) in [6.07, 6.45) is 0.477. The molecule has 0 aromatic heterocycles. The SMILES string of the molecule is COCCC(CO)NC(=O)c1ccc(OC(F)F)cc1. The number of alkyl halides is 2. The second-order valence-corrected chi connectivity index (χ2v) is 4.04. The number of aliphatic hydroxyl groups is 1. The Balaban J connectivity index is 2.58. The largest absolute Gasteiger partial charge is 0.435 e. The molecule has 112 valence electrons. The average Bonchev–Trinajstić information content (AvgIpc) is 2.43. The maximum atomic E-state index is 12.0. The zero-order valence-corrected chi connectivity index (χ0v) is 11.0. The van der Waals surface area contributed by atoms with Crippen molar-refractivity contribution in [2.24, 2.45) is 0 Å². The van der Waals surface area contributed by atoms with Gasteiger partial charge in [0.1, 0.15) is 5.75 Å². The molecule has 20 heavy (non-hydrogen) atoms. The van der Waals surface area contributed by atoms with Crippen molar-refractivity contribution in [3.05, 3.63) is 29.8 Å². The summed E-state index contributed by atoms with van der Waals surface area (Å²) in [6, 6.07) is 4.89. The number of nitrogens with one attached hydrogen (secondary N) is 1. The Labute approximate surface area is 115 Å². The maximum absolute atomic E-state index is 12.0. The molecule has 0 aliphatic heterocycles. The molecule has 0 heterocycles. The number of carbonyl (C=O) groups excluding carboxylic acids is 1. The topological polar surface area (TPSA) is 67.8 Å². The molecule has 0 saturated heterocycles. The fourth-order valence-corrected chi connectivity index (χ4v) is 1.53. The van der Waals surface area contributed by atoms with Crippen LogP contribution in [0.4, 0.5) is 8.78 Å². The van der Waals surface area contributed by atoms with Crippen molar-refractivity contribution in [3.8, 4) is 5.75 Å². The van der Waals surface area contributed by atoms with Crippen LogP contribution in [-0.4, -0.2) is 44.0 Å². The predicted octanol–water partition coefficient (Wildman–Crippen LogP) is 1.42. The highest BCUT2D eigenvalue weighted by atomic mass is 19.3. The summed E-state index contributed by atoms with van der Waals surface area (Å²) < 4.78 is 33.0. The van der Waals surface area contributed by atoms with Gasteiger partial charge >= 0.3 is 6.61 Å². The van der Waals surface area contributed by atoms with Gasteiger partial charge in [0.2, 0.25) is 0 Å². The summed E-state index contributed by atoms with van der Waals surface area (Å²) in [4.78, 5) is 11.9. The molecule has 0 aliphatic rings. The van der Waals surface area contributed by atoms with Crippen molar-refractivity contribution < 1.29 is 28.2 Å². The molecule has 5 nitrogen and oxygen atoms in total. The lowest BCUT2D eigenvalue weighted by Gasteiger charge is -2.15. The van der Waals surface area contributed by atoms with Gasteiger partial charge < -0.3 is 19.9 Å². The molecule has 0 bridgehead atoms. The molecule has 1 rings (SSSR count). The number of amides is 1. The molecule has 0 saturated carbocycles. The highest BCUT2D eigenvalue weighted by Gasteiger charge is 2.13. The van der Waals surface area contributed by atoms with Crippen LogP contribution in [0.1, 0.15) is 16.8 Å². The van der Waals surface area contributed by atoms with E-state index < -0.39 is 18.6 Å². The molecule has 0 radical (unpaired) electrons. The molecule has 1 aromatic rings. The number of rotatable bonds is 8. The van der Waals surface area contributed by atoms with Gasteiger partial charge in [-0.3, -0.25) is 4.79 Å². The lowest BCUT2D eigenvalue weighted by atomic mass is 10.1. The van der Waals surface area contributed by atoms with Gasteiger partial charge in [-0.2, -0.15) is 8.78 Å². The molecule has 1 aromatic carbocycles. The van der Waals surface area contributed by atoms with Crippen molar-refractivity contribution in [1.82, 2.24) is 5.32 Å². The van der Waals surface area contributed by atoms with Gasteiger partial charge in [-0.15, -0.1) is 0 Å². The van der Waals surface area contributed by atoms with E-state index >= 15 is 0 Å². The Hall–Kier alpha value is -1.73. The van der Waals surface area contributed by atoms with E-state index in [1.165, 1.54) is 31.4 Å². The molecular formula is C13H17F2NO4. The van der Waals surface area contributed by atoms with Crippen LogP contribution in [0.3, 0.4) is 0 Å². The monoisotopic (exact) mass is 289 g/mol. The predicted molar refractivity (Wildman–Crippen MR) is 67.9 cm³/mol. The fourth-order valence-electron chi connectivity index (χ4n) is 1.53. The van der Waals surface area contributed by atoms with Crippen LogP contribution in [0.5, 0.6) is 5.75 Å². The lowest BCUT2D eigenvalue weighted by molar-refractivity contribution is -0.0498. The summed E-state index contributed by atoms with van der Waals surface area (Å²) in [5.74, 6) is -0.418. The first-order valence-electron chi connectivity index (χ1n) is 6.02. The van der Waals surface area contributed by atoms with E-state index in [2.05, 4.69) is 10.1 Å². The minimum Gasteiger partial charge on any atom is -0.435 e. The number of benzene rings is 1. The first-order chi connectivity index (χ1) is 9.56. The molecule has 0 aliphatic carbocycles. The first-order valence-corrected chi connectivity index (χ1v) is 6.02. The zero-order chi connectivity index (χ0) is 15.0. The van der Waals surface area contributed by atoms with Crippen molar-refractivity contribution in [3.63, 3.8) is 0 Å². The van der Waals surface area contributed by atoms with E-state index in [0.29, 0.717) is 18.6 Å². The molecule has 1 atom stereocenters.